The molecule has 16 heavy (non-hydrogen) atoms. The highest BCUT2D eigenvalue weighted by Crippen LogP contribution is 2.46. The predicted molar refractivity (Wildman–Crippen MR) is 75.4 cm³/mol. The van der Waals surface area contributed by atoms with Gasteiger partial charge in [-0.2, -0.15) is 0 Å². The van der Waals surface area contributed by atoms with Gasteiger partial charge in [-0.15, -0.1) is 0 Å². The van der Waals surface area contributed by atoms with Crippen LogP contribution in [0.25, 0.3) is 10.8 Å². The first-order valence-corrected chi connectivity index (χ1v) is 6.86. The van der Waals surface area contributed by atoms with E-state index < -0.39 is 0 Å². The first-order chi connectivity index (χ1) is 7.43. The van der Waals surface area contributed by atoms with Crippen molar-refractivity contribution in [2.45, 2.75) is 0 Å². The Hall–Kier alpha value is 0.0300. The van der Waals surface area contributed by atoms with Gasteiger partial charge in [0.25, 0.3) is 0 Å². The quantitative estimate of drug-likeness (QED) is 0.603. The minimum atomic E-state index is -0.0448. The van der Waals surface area contributed by atoms with Crippen molar-refractivity contribution in [2.24, 2.45) is 0 Å². The first kappa shape index (κ1) is 12.5. The molecular formula is C10H4Br3ClO2. The Morgan fingerprint density at radius 3 is 2.00 bits per heavy atom. The fourth-order valence-corrected chi connectivity index (χ4v) is 3.72. The fourth-order valence-electron chi connectivity index (χ4n) is 1.39. The van der Waals surface area contributed by atoms with Crippen LogP contribution in [0, 0.1) is 0 Å². The lowest BCUT2D eigenvalue weighted by atomic mass is 10.1. The maximum atomic E-state index is 9.74. The molecule has 0 aliphatic heterocycles. The Morgan fingerprint density at radius 2 is 1.44 bits per heavy atom. The molecule has 0 spiro atoms. The molecule has 2 rings (SSSR count). The van der Waals surface area contributed by atoms with Crippen molar-refractivity contribution < 1.29 is 10.2 Å². The lowest BCUT2D eigenvalue weighted by Crippen LogP contribution is -1.82. The molecule has 2 N–H and O–H groups in total. The molecule has 0 fully saturated rings. The monoisotopic (exact) mass is 428 g/mol. The molecule has 0 atom stereocenters. The van der Waals surface area contributed by atoms with Crippen LogP contribution in [0.5, 0.6) is 11.5 Å². The van der Waals surface area contributed by atoms with Crippen molar-refractivity contribution in [3.8, 4) is 11.5 Å². The van der Waals surface area contributed by atoms with Crippen LogP contribution in [-0.2, 0) is 0 Å². The Bertz CT molecular complexity index is 550. The van der Waals surface area contributed by atoms with Gasteiger partial charge in [0.15, 0.2) is 0 Å². The van der Waals surface area contributed by atoms with Crippen molar-refractivity contribution in [1.82, 2.24) is 0 Å². The second kappa shape index (κ2) is 4.37. The van der Waals surface area contributed by atoms with Gasteiger partial charge in [0, 0.05) is 5.39 Å². The maximum absolute atomic E-state index is 9.74. The molecule has 2 aromatic rings. The van der Waals surface area contributed by atoms with Crippen molar-refractivity contribution in [1.29, 1.82) is 0 Å². The molecular weight excluding hydrogens is 427 g/mol. The predicted octanol–water partition coefficient (Wildman–Crippen LogP) is 5.19. The van der Waals surface area contributed by atoms with E-state index in [9.17, 15) is 10.2 Å². The maximum Gasteiger partial charge on any atom is 0.149 e. The third kappa shape index (κ3) is 1.83. The molecule has 0 aromatic heterocycles. The van der Waals surface area contributed by atoms with Crippen LogP contribution in [0.2, 0.25) is 5.02 Å². The van der Waals surface area contributed by atoms with E-state index in [0.29, 0.717) is 18.8 Å². The lowest BCUT2D eigenvalue weighted by molar-refractivity contribution is 0.468. The van der Waals surface area contributed by atoms with Crippen molar-refractivity contribution >= 4 is 70.2 Å². The van der Waals surface area contributed by atoms with Gasteiger partial charge in [-0.25, -0.2) is 0 Å². The normalized spacial score (nSPS) is 11.0. The number of hydrogen-bond donors (Lipinski definition) is 2. The average Bonchev–Trinajstić information content (AvgIpc) is 2.23. The van der Waals surface area contributed by atoms with Crippen molar-refractivity contribution in [3.05, 3.63) is 30.6 Å². The molecule has 6 heteroatoms. The van der Waals surface area contributed by atoms with Gasteiger partial charge in [-0.3, -0.25) is 0 Å². The minimum absolute atomic E-state index is 0.0448. The highest BCUT2D eigenvalue weighted by Gasteiger charge is 2.16. The highest BCUT2D eigenvalue weighted by atomic mass is 79.9. The summed E-state index contributed by atoms with van der Waals surface area (Å²) in [6.07, 6.45) is 0. The summed E-state index contributed by atoms with van der Waals surface area (Å²) in [5.41, 5.74) is 0. The molecule has 0 heterocycles. The van der Waals surface area contributed by atoms with E-state index in [1.54, 1.807) is 12.1 Å². The standard InChI is InChI=1S/C10H4Br3ClO2/c11-4-1-3-2-5(12)10(16)8(14)6(3)7(13)9(4)15/h1-2,15-16H. The highest BCUT2D eigenvalue weighted by molar-refractivity contribution is 9.11. The van der Waals surface area contributed by atoms with Crippen LogP contribution in [-0.4, -0.2) is 10.2 Å². The largest absolute Gasteiger partial charge is 0.506 e. The summed E-state index contributed by atoms with van der Waals surface area (Å²) in [5.74, 6) is 0.00714. The zero-order valence-corrected chi connectivity index (χ0v) is 13.1. The van der Waals surface area contributed by atoms with Gasteiger partial charge in [-0.05, 0) is 65.3 Å². The van der Waals surface area contributed by atoms with Gasteiger partial charge >= 0.3 is 0 Å². The number of rotatable bonds is 0. The number of benzene rings is 2. The molecule has 2 nitrogen and oxygen atoms in total. The van der Waals surface area contributed by atoms with E-state index in [-0.39, 0.29) is 16.5 Å². The summed E-state index contributed by atoms with van der Waals surface area (Å²) in [7, 11) is 0. The molecule has 0 amide bonds. The molecule has 0 saturated carbocycles. The van der Waals surface area contributed by atoms with Gasteiger partial charge in [-0.1, -0.05) is 11.6 Å². The molecule has 0 aliphatic carbocycles. The molecule has 0 radical (unpaired) electrons. The number of halogens is 4. The average molecular weight is 431 g/mol. The Morgan fingerprint density at radius 1 is 0.938 bits per heavy atom. The zero-order valence-electron chi connectivity index (χ0n) is 7.56. The van der Waals surface area contributed by atoms with Gasteiger partial charge in [0.05, 0.1) is 18.4 Å². The number of phenols is 2. The summed E-state index contributed by atoms with van der Waals surface area (Å²) in [4.78, 5) is 0. The lowest BCUT2D eigenvalue weighted by Gasteiger charge is -2.10. The van der Waals surface area contributed by atoms with Crippen molar-refractivity contribution in [3.63, 3.8) is 0 Å². The SMILES string of the molecule is Oc1c(Br)cc2cc(Br)c(O)c(Br)c2c1Cl. The Balaban J connectivity index is 3.03. The van der Waals surface area contributed by atoms with E-state index in [1.807, 2.05) is 0 Å². The molecule has 84 valence electrons. The number of aromatic hydroxyl groups is 2. The molecule has 0 saturated heterocycles. The summed E-state index contributed by atoms with van der Waals surface area (Å²) in [6, 6.07) is 3.46. The summed E-state index contributed by atoms with van der Waals surface area (Å²) in [5, 5.41) is 21.0. The summed E-state index contributed by atoms with van der Waals surface area (Å²) in [6.45, 7) is 0. The van der Waals surface area contributed by atoms with E-state index >= 15 is 0 Å². The second-order valence-electron chi connectivity index (χ2n) is 3.14. The molecule has 2 aromatic carbocycles. The Kier molecular flexibility index (Phi) is 3.41. The van der Waals surface area contributed by atoms with Crippen LogP contribution in [0.4, 0.5) is 0 Å². The second-order valence-corrected chi connectivity index (χ2v) is 6.02. The van der Waals surface area contributed by atoms with Gasteiger partial charge in [0.1, 0.15) is 11.5 Å². The van der Waals surface area contributed by atoms with Crippen LogP contribution in [0.15, 0.2) is 25.6 Å². The fraction of sp³-hybridized carbons (Fsp3) is 0. The zero-order chi connectivity index (χ0) is 12.0. The number of fused-ring (bicyclic) bond motifs is 1. The van der Waals surface area contributed by atoms with Crippen LogP contribution in [0.3, 0.4) is 0 Å². The topological polar surface area (TPSA) is 40.5 Å². The number of phenolic OH excluding ortho intramolecular Hbond substituents is 2. The molecule has 0 aliphatic rings. The minimum Gasteiger partial charge on any atom is -0.506 e. The number of hydrogen-bond acceptors (Lipinski definition) is 2. The van der Waals surface area contributed by atoms with Crippen LogP contribution >= 0.6 is 59.4 Å². The summed E-state index contributed by atoms with van der Waals surface area (Å²) < 4.78 is 1.51. The van der Waals surface area contributed by atoms with Crippen LogP contribution in [0.1, 0.15) is 0 Å². The molecule has 0 unspecified atom stereocenters. The molecule has 0 bridgehead atoms. The van der Waals surface area contributed by atoms with E-state index in [4.69, 9.17) is 11.6 Å². The smallest absolute Gasteiger partial charge is 0.149 e. The first-order valence-electron chi connectivity index (χ1n) is 4.11. The van der Waals surface area contributed by atoms with Crippen LogP contribution < -0.4 is 0 Å². The van der Waals surface area contributed by atoms with Gasteiger partial charge in [0.2, 0.25) is 0 Å². The van der Waals surface area contributed by atoms with E-state index in [1.165, 1.54) is 0 Å². The van der Waals surface area contributed by atoms with Gasteiger partial charge < -0.3 is 10.2 Å². The third-order valence-electron chi connectivity index (χ3n) is 2.16. The van der Waals surface area contributed by atoms with E-state index in [2.05, 4.69) is 47.8 Å². The summed E-state index contributed by atoms with van der Waals surface area (Å²) >= 11 is 15.7. The third-order valence-corrected chi connectivity index (χ3v) is 4.51. The van der Waals surface area contributed by atoms with Crippen molar-refractivity contribution in [2.75, 3.05) is 0 Å². The Labute approximate surface area is 122 Å². The van der Waals surface area contributed by atoms with E-state index in [0.717, 1.165) is 5.39 Å².